The average Bonchev–Trinajstić information content (AvgIpc) is 3.21. The van der Waals surface area contributed by atoms with Crippen molar-refractivity contribution in [1.29, 1.82) is 0 Å². The topological polar surface area (TPSA) is 217 Å². The Labute approximate surface area is 335 Å². The monoisotopic (exact) mass is 806 g/mol. The van der Waals surface area contributed by atoms with Gasteiger partial charge in [0.05, 0.1) is 45.3 Å². The number of phenolic OH excluding ortho intramolecular Hbond substituents is 1. The van der Waals surface area contributed by atoms with E-state index >= 15 is 0 Å². The van der Waals surface area contributed by atoms with Gasteiger partial charge >= 0.3 is 0 Å². The van der Waals surface area contributed by atoms with E-state index in [4.69, 9.17) is 10.5 Å². The van der Waals surface area contributed by atoms with Crippen molar-refractivity contribution in [3.63, 3.8) is 0 Å². The number of sulfone groups is 1. The molecule has 0 saturated carbocycles. The molecule has 0 aliphatic heterocycles. The second-order valence-corrected chi connectivity index (χ2v) is 16.0. The molecule has 1 unspecified atom stereocenters. The van der Waals surface area contributed by atoms with E-state index in [2.05, 4.69) is 20.6 Å². The molecule has 0 bridgehead atoms. The van der Waals surface area contributed by atoms with Gasteiger partial charge in [0.2, 0.25) is 15.4 Å². The number of H-pyrrole nitrogens is 1. The number of carbonyl (C=O) groups is 2. The summed E-state index contributed by atoms with van der Waals surface area (Å²) in [6.45, 7) is 3.16. The van der Waals surface area contributed by atoms with Crippen LogP contribution in [0.4, 0.5) is 11.4 Å². The molecular weight excluding hydrogens is 761 g/mol. The highest BCUT2D eigenvalue weighted by Gasteiger charge is 2.24. The molecule has 0 aliphatic rings. The molecule has 0 radical (unpaired) electrons. The summed E-state index contributed by atoms with van der Waals surface area (Å²) >= 11 is 0. The molecule has 6 aromatic rings. The highest BCUT2D eigenvalue weighted by molar-refractivity contribution is 7.91. The molecule has 2 amide bonds. The first kappa shape index (κ1) is 41.3. The maximum atomic E-state index is 14.1. The predicted octanol–water partition coefficient (Wildman–Crippen LogP) is 5.73. The molecule has 302 valence electrons. The molecular formula is C43H46N6O8S. The van der Waals surface area contributed by atoms with Gasteiger partial charge < -0.3 is 41.2 Å². The fraction of sp³-hybridized carbons (Fsp3) is 0.256. The minimum Gasteiger partial charge on any atom is -0.506 e. The largest absolute Gasteiger partial charge is 0.506 e. The van der Waals surface area contributed by atoms with Crippen molar-refractivity contribution in [2.75, 3.05) is 39.1 Å². The number of unbranched alkanes of at least 4 members (excludes halogenated alkanes) is 3. The molecule has 0 fully saturated rings. The molecule has 7 N–H and O–H groups in total. The third kappa shape index (κ3) is 9.12. The molecule has 0 saturated heterocycles. The summed E-state index contributed by atoms with van der Waals surface area (Å²) in [7, 11) is -0.925. The third-order valence-corrected chi connectivity index (χ3v) is 11.7. The van der Waals surface area contributed by atoms with Crippen LogP contribution in [-0.2, 0) is 9.84 Å². The average molecular weight is 807 g/mol. The number of aromatic amines is 1. The normalized spacial score (nSPS) is 12.1. The van der Waals surface area contributed by atoms with Crippen LogP contribution in [0.5, 0.6) is 11.5 Å². The fourth-order valence-corrected chi connectivity index (χ4v) is 8.29. The molecule has 1 atom stereocenters. The van der Waals surface area contributed by atoms with Crippen LogP contribution >= 0.6 is 0 Å². The van der Waals surface area contributed by atoms with Crippen LogP contribution in [0.3, 0.4) is 0 Å². The van der Waals surface area contributed by atoms with Gasteiger partial charge in [-0.3, -0.25) is 19.4 Å². The van der Waals surface area contributed by atoms with E-state index in [1.54, 1.807) is 67.4 Å². The summed E-state index contributed by atoms with van der Waals surface area (Å²) < 4.78 is 33.6. The number of rotatable bonds is 17. The number of ether oxygens (including phenoxy) is 1. The number of nitrogens with zero attached hydrogens (tertiary/aromatic N) is 2. The van der Waals surface area contributed by atoms with E-state index in [1.165, 1.54) is 49.7 Å². The number of phenols is 1. The number of primary amides is 1. The Hall–Kier alpha value is -6.29. The van der Waals surface area contributed by atoms with Crippen molar-refractivity contribution in [1.82, 2.24) is 20.2 Å². The Morgan fingerprint density at radius 3 is 2.50 bits per heavy atom. The summed E-state index contributed by atoms with van der Waals surface area (Å²) in [5.74, 6) is -0.542. The van der Waals surface area contributed by atoms with Gasteiger partial charge in [0.1, 0.15) is 11.5 Å². The lowest BCUT2D eigenvalue weighted by molar-refractivity contribution is 0.0792. The van der Waals surface area contributed by atoms with E-state index in [1.807, 2.05) is 0 Å². The van der Waals surface area contributed by atoms with Crippen LogP contribution in [0.2, 0.25) is 0 Å². The fourth-order valence-electron chi connectivity index (χ4n) is 6.87. The summed E-state index contributed by atoms with van der Waals surface area (Å²) in [4.78, 5) is 46.2. The van der Waals surface area contributed by atoms with Crippen molar-refractivity contribution in [2.24, 2.45) is 5.73 Å². The van der Waals surface area contributed by atoms with Crippen molar-refractivity contribution in [3.05, 3.63) is 124 Å². The Balaban J connectivity index is 1.06. The summed E-state index contributed by atoms with van der Waals surface area (Å²) in [5.41, 5.74) is 8.50. The standard InChI is InChI=1S/C43H46N6O8S/c1-26-20-31(23-34-39(26)46-24-35(42(44)53)40(34)47-28-11-9-12-29(22-28)57-3)58(55,56)30-13-8-10-27(21-30)43(54)49(2)19-7-5-4-6-18-45-25-37(51)32-14-16-36(50)41-33(32)15-17-38(52)48-41/h8-17,20-24,37,45,50-51H,4-7,18-19,25H2,1-3H3,(H2,44,53)(H,46,47)(H,48,52). The van der Waals surface area contributed by atoms with Crippen LogP contribution in [0.25, 0.3) is 21.8 Å². The second-order valence-electron chi connectivity index (χ2n) is 14.1. The maximum absolute atomic E-state index is 14.1. The van der Waals surface area contributed by atoms with Crippen molar-refractivity contribution in [2.45, 2.75) is 48.5 Å². The molecule has 4 aromatic carbocycles. The Bertz CT molecular complexity index is 2660. The molecule has 0 spiro atoms. The number of nitrogens with two attached hydrogens (primary N) is 1. The van der Waals surface area contributed by atoms with Gasteiger partial charge in [0.15, 0.2) is 0 Å². The Morgan fingerprint density at radius 1 is 0.948 bits per heavy atom. The molecule has 2 heterocycles. The van der Waals surface area contributed by atoms with E-state index in [0.717, 1.165) is 25.7 Å². The number of methoxy groups -OCH3 is 1. The number of aliphatic hydroxyl groups excluding tert-OH is 1. The first-order valence-corrected chi connectivity index (χ1v) is 20.3. The van der Waals surface area contributed by atoms with E-state index in [9.17, 15) is 33.0 Å². The SMILES string of the molecule is COc1cccc(Nc2c(C(N)=O)cnc3c(C)cc(S(=O)(=O)c4cccc(C(=O)N(C)CCCCCCNCC(O)c5ccc(O)c6[nH]c(=O)ccc56)c4)cc23)c1. The minimum atomic E-state index is -4.14. The number of nitrogens with one attached hydrogen (secondary N) is 3. The molecule has 0 aliphatic carbocycles. The van der Waals surface area contributed by atoms with Gasteiger partial charge in [-0.25, -0.2) is 8.42 Å². The predicted molar refractivity (Wildman–Crippen MR) is 223 cm³/mol. The lowest BCUT2D eigenvalue weighted by Gasteiger charge is -2.18. The third-order valence-electron chi connectivity index (χ3n) is 9.99. The van der Waals surface area contributed by atoms with Gasteiger partial charge in [-0.15, -0.1) is 0 Å². The molecule has 2 aromatic heterocycles. The number of aliphatic hydroxyl groups is 1. The zero-order chi connectivity index (χ0) is 41.6. The summed E-state index contributed by atoms with van der Waals surface area (Å²) in [6.07, 6.45) is 3.86. The summed E-state index contributed by atoms with van der Waals surface area (Å²) in [6, 6.07) is 22.0. The van der Waals surface area contributed by atoms with Crippen molar-refractivity contribution < 1.29 is 33.0 Å². The lowest BCUT2D eigenvalue weighted by Crippen LogP contribution is -2.28. The number of pyridine rings is 2. The zero-order valence-corrected chi connectivity index (χ0v) is 33.2. The molecule has 15 heteroatoms. The van der Waals surface area contributed by atoms with Gasteiger partial charge in [-0.1, -0.05) is 31.0 Å². The van der Waals surface area contributed by atoms with Crippen molar-refractivity contribution >= 4 is 54.8 Å². The smallest absolute Gasteiger partial charge is 0.253 e. The van der Waals surface area contributed by atoms with Gasteiger partial charge in [0, 0.05) is 60.5 Å². The number of hydrogen-bond acceptors (Lipinski definition) is 11. The number of hydrogen-bond donors (Lipinski definition) is 6. The minimum absolute atomic E-state index is 0.0389. The number of aromatic hydroxyl groups is 1. The lowest BCUT2D eigenvalue weighted by atomic mass is 10.0. The highest BCUT2D eigenvalue weighted by Crippen LogP contribution is 2.35. The molecule has 58 heavy (non-hydrogen) atoms. The quantitative estimate of drug-likeness (QED) is 0.0612. The Morgan fingerprint density at radius 2 is 1.72 bits per heavy atom. The number of carbonyl (C=O) groups excluding carboxylic acids is 2. The molecule has 14 nitrogen and oxygen atoms in total. The first-order chi connectivity index (χ1) is 27.8. The second kappa shape index (κ2) is 17.9. The molecule has 6 rings (SSSR count). The number of anilines is 2. The number of aromatic nitrogens is 2. The van der Waals surface area contributed by atoms with E-state index in [0.29, 0.717) is 64.2 Å². The van der Waals surface area contributed by atoms with E-state index < -0.39 is 21.8 Å². The summed E-state index contributed by atoms with van der Waals surface area (Å²) in [5, 5.41) is 28.3. The maximum Gasteiger partial charge on any atom is 0.253 e. The van der Waals surface area contributed by atoms with Crippen LogP contribution in [0.1, 0.15) is 63.6 Å². The van der Waals surface area contributed by atoms with Gasteiger partial charge in [0.25, 0.3) is 11.8 Å². The number of aryl methyl sites for hydroxylation is 1. The highest BCUT2D eigenvalue weighted by atomic mass is 32.2. The van der Waals surface area contributed by atoms with Crippen LogP contribution in [0.15, 0.2) is 106 Å². The zero-order valence-electron chi connectivity index (χ0n) is 32.4. The first-order valence-electron chi connectivity index (χ1n) is 18.8. The van der Waals surface area contributed by atoms with Crippen molar-refractivity contribution in [3.8, 4) is 11.5 Å². The number of amides is 2. The van der Waals surface area contributed by atoms with E-state index in [-0.39, 0.29) is 43.7 Å². The van der Waals surface area contributed by atoms with Crippen LogP contribution in [-0.4, -0.2) is 79.1 Å². The van der Waals surface area contributed by atoms with Crippen LogP contribution in [0, 0.1) is 6.92 Å². The number of benzene rings is 4. The Kier molecular flexibility index (Phi) is 12.7. The number of fused-ring (bicyclic) bond motifs is 2. The van der Waals surface area contributed by atoms with Crippen LogP contribution < -0.4 is 26.7 Å². The van der Waals surface area contributed by atoms with Gasteiger partial charge in [-0.05, 0) is 92.0 Å². The van der Waals surface area contributed by atoms with Gasteiger partial charge in [-0.2, -0.15) is 0 Å².